The van der Waals surface area contributed by atoms with E-state index in [1.807, 2.05) is 13.8 Å². The fourth-order valence-corrected chi connectivity index (χ4v) is 7.65. The third-order valence-corrected chi connectivity index (χ3v) is 8.98. The molecule has 4 aliphatic carbocycles. The molecule has 0 radical (unpaired) electrons. The molecule has 6 heteroatoms. The summed E-state index contributed by atoms with van der Waals surface area (Å²) >= 11 is 0. The summed E-state index contributed by atoms with van der Waals surface area (Å²) in [5, 5.41) is 11.3. The highest BCUT2D eigenvalue weighted by Gasteiger charge is 2.75. The van der Waals surface area contributed by atoms with Crippen LogP contribution in [0.3, 0.4) is 0 Å². The zero-order valence-electron chi connectivity index (χ0n) is 18.3. The zero-order chi connectivity index (χ0) is 22.3. The number of halogens is 1. The number of alkyl halides is 1. The highest BCUT2D eigenvalue weighted by Crippen LogP contribution is 2.71. The molecule has 164 valence electrons. The molecule has 5 nitrogen and oxygen atoms in total. The monoisotopic (exact) mass is 418 g/mol. The number of carbonyl (C=O) groups is 3. The molecule has 0 aromatic heterocycles. The molecule has 30 heavy (non-hydrogen) atoms. The van der Waals surface area contributed by atoms with E-state index >= 15 is 4.39 Å². The summed E-state index contributed by atoms with van der Waals surface area (Å²) in [5.41, 5.74) is -4.52. The van der Waals surface area contributed by atoms with Gasteiger partial charge in [0.25, 0.3) is 0 Å². The van der Waals surface area contributed by atoms with Gasteiger partial charge in [0.2, 0.25) is 0 Å². The van der Waals surface area contributed by atoms with Crippen molar-refractivity contribution in [2.45, 2.75) is 77.7 Å². The van der Waals surface area contributed by atoms with Crippen LogP contribution in [0.1, 0.15) is 60.3 Å². The molecule has 3 fully saturated rings. The van der Waals surface area contributed by atoms with Crippen LogP contribution in [0.5, 0.6) is 0 Å². The Kier molecular flexibility index (Phi) is 4.53. The second-order valence-electron chi connectivity index (χ2n) is 10.3. The van der Waals surface area contributed by atoms with Gasteiger partial charge in [-0.25, -0.2) is 4.39 Å². The minimum atomic E-state index is -1.96. The zero-order valence-corrected chi connectivity index (χ0v) is 18.3. The summed E-state index contributed by atoms with van der Waals surface area (Å²) < 4.78 is 22.8. The molecule has 3 saturated carbocycles. The second kappa shape index (κ2) is 6.35. The van der Waals surface area contributed by atoms with Crippen LogP contribution in [-0.4, -0.2) is 40.0 Å². The number of ketones is 2. The molecule has 4 aliphatic rings. The van der Waals surface area contributed by atoms with E-state index in [2.05, 4.69) is 0 Å². The molecule has 0 aliphatic heterocycles. The Bertz CT molecular complexity index is 892. The quantitative estimate of drug-likeness (QED) is 0.695. The molecule has 0 bridgehead atoms. The number of hydrogen-bond donors (Lipinski definition) is 1. The minimum Gasteiger partial charge on any atom is -0.451 e. The molecule has 8 atom stereocenters. The lowest BCUT2D eigenvalue weighted by Crippen LogP contribution is -2.70. The molecule has 4 rings (SSSR count). The molecule has 0 aromatic rings. The smallest absolute Gasteiger partial charge is 0.303 e. The summed E-state index contributed by atoms with van der Waals surface area (Å²) in [4.78, 5) is 36.7. The van der Waals surface area contributed by atoms with Crippen LogP contribution in [0.2, 0.25) is 0 Å². The highest BCUT2D eigenvalue weighted by molar-refractivity contribution is 6.01. The number of aliphatic hydroxyl groups excluding tert-OH is 1. The number of Topliss-reactive ketones (excluding diaryl/α,β-unsaturated/α-hetero) is 1. The van der Waals surface area contributed by atoms with Crippen molar-refractivity contribution in [1.82, 2.24) is 0 Å². The normalized spacial score (nSPS) is 49.6. The van der Waals surface area contributed by atoms with Gasteiger partial charge in [0.15, 0.2) is 22.8 Å². The van der Waals surface area contributed by atoms with Crippen molar-refractivity contribution in [2.24, 2.45) is 28.6 Å². The average molecular weight is 419 g/mol. The Hall–Kier alpha value is -1.82. The first-order valence-electron chi connectivity index (χ1n) is 10.9. The van der Waals surface area contributed by atoms with Crippen LogP contribution < -0.4 is 0 Å². The Morgan fingerprint density at radius 3 is 2.50 bits per heavy atom. The molecule has 0 spiro atoms. The summed E-state index contributed by atoms with van der Waals surface area (Å²) in [5.74, 6) is -1.72. The first-order valence-corrected chi connectivity index (χ1v) is 10.9. The van der Waals surface area contributed by atoms with Gasteiger partial charge in [-0.05, 0) is 63.5 Å². The molecule has 0 saturated heterocycles. The summed E-state index contributed by atoms with van der Waals surface area (Å²) in [6.07, 6.45) is 4.58. The lowest BCUT2D eigenvalue weighted by Gasteiger charge is -2.63. The van der Waals surface area contributed by atoms with Crippen LogP contribution >= 0.6 is 0 Å². The third-order valence-electron chi connectivity index (χ3n) is 8.98. The predicted molar refractivity (Wildman–Crippen MR) is 108 cm³/mol. The van der Waals surface area contributed by atoms with Gasteiger partial charge in [-0.1, -0.05) is 25.5 Å². The molecule has 0 heterocycles. The topological polar surface area (TPSA) is 80.7 Å². The van der Waals surface area contributed by atoms with Crippen molar-refractivity contribution in [3.8, 4) is 0 Å². The van der Waals surface area contributed by atoms with E-state index in [0.29, 0.717) is 19.3 Å². The summed E-state index contributed by atoms with van der Waals surface area (Å²) in [6, 6.07) is 0. The van der Waals surface area contributed by atoms with E-state index in [0.717, 1.165) is 5.57 Å². The van der Waals surface area contributed by atoms with E-state index in [4.69, 9.17) is 4.74 Å². The van der Waals surface area contributed by atoms with Crippen molar-refractivity contribution in [3.05, 3.63) is 23.8 Å². The van der Waals surface area contributed by atoms with Crippen LogP contribution in [-0.2, 0) is 19.1 Å². The first-order chi connectivity index (χ1) is 13.8. The highest BCUT2D eigenvalue weighted by atomic mass is 19.1. The molecule has 0 amide bonds. The molecule has 1 N–H and O–H groups in total. The number of carbonyl (C=O) groups excluding carboxylic acids is 3. The second-order valence-corrected chi connectivity index (χ2v) is 10.3. The Morgan fingerprint density at radius 2 is 1.90 bits per heavy atom. The number of rotatable bonds is 2. The third kappa shape index (κ3) is 2.34. The van der Waals surface area contributed by atoms with Gasteiger partial charge in [-0.3, -0.25) is 14.4 Å². The maximum absolute atomic E-state index is 17.1. The fraction of sp³-hybridized carbons (Fsp3) is 0.708. The number of aliphatic hydroxyl groups is 1. The lowest BCUT2D eigenvalue weighted by atomic mass is 9.43. The first kappa shape index (κ1) is 21.4. The number of allylic oxidation sites excluding steroid dienone is 4. The lowest BCUT2D eigenvalue weighted by molar-refractivity contribution is -0.226. The molecular formula is C24H31FO5. The summed E-state index contributed by atoms with van der Waals surface area (Å²) in [6.45, 7) is 8.34. The minimum absolute atomic E-state index is 0.0244. The number of hydrogen-bond acceptors (Lipinski definition) is 5. The maximum atomic E-state index is 17.1. The van der Waals surface area contributed by atoms with Gasteiger partial charge < -0.3 is 9.84 Å². The number of fused-ring (bicyclic) bond motifs is 5. The van der Waals surface area contributed by atoms with Crippen LogP contribution in [0.25, 0.3) is 0 Å². The van der Waals surface area contributed by atoms with Gasteiger partial charge in [0.05, 0.1) is 6.10 Å². The van der Waals surface area contributed by atoms with Gasteiger partial charge in [-0.15, -0.1) is 0 Å². The van der Waals surface area contributed by atoms with Crippen molar-refractivity contribution >= 4 is 17.5 Å². The van der Waals surface area contributed by atoms with Gasteiger partial charge in [0, 0.05) is 23.7 Å². The van der Waals surface area contributed by atoms with E-state index < -0.39 is 40.1 Å². The maximum Gasteiger partial charge on any atom is 0.303 e. The van der Waals surface area contributed by atoms with Crippen molar-refractivity contribution in [2.75, 3.05) is 0 Å². The van der Waals surface area contributed by atoms with E-state index in [1.165, 1.54) is 26.0 Å². The van der Waals surface area contributed by atoms with Crippen LogP contribution in [0.15, 0.2) is 23.8 Å². The summed E-state index contributed by atoms with van der Waals surface area (Å²) in [7, 11) is 0. The fourth-order valence-electron chi connectivity index (χ4n) is 7.65. The van der Waals surface area contributed by atoms with Crippen molar-refractivity contribution < 1.29 is 28.6 Å². The average Bonchev–Trinajstić information content (AvgIpc) is 2.92. The molecule has 0 aromatic carbocycles. The van der Waals surface area contributed by atoms with Crippen LogP contribution in [0, 0.1) is 28.6 Å². The standard InChI is InChI=1S/C24H31FO5/c1-13-10-19-17-7-9-23(14(2)26,30-15(3)27)22(17,5)12-20(29)24(19,25)21(4)8-6-16(28)11-18(13)21/h6,8,11,13,17,19-20,29H,7,9-10,12H2,1-5H3/t13-,17+,19+,20+,21+,22+,23+,24+/m1/s1. The SMILES string of the molecule is CC(=O)O[C@]1(C(C)=O)CC[C@H]2[C@@H]3C[C@@H](C)C4=CC(=O)C=C[C@]4(C)[C@@]3(F)[C@@H](O)C[C@@]21C. The Morgan fingerprint density at radius 1 is 1.23 bits per heavy atom. The van der Waals surface area contributed by atoms with Crippen LogP contribution in [0.4, 0.5) is 4.39 Å². The van der Waals surface area contributed by atoms with E-state index in [1.54, 1.807) is 13.0 Å². The number of ether oxygens (including phenoxy) is 1. The Balaban J connectivity index is 1.86. The van der Waals surface area contributed by atoms with Gasteiger partial charge in [-0.2, -0.15) is 0 Å². The van der Waals surface area contributed by atoms with Gasteiger partial charge >= 0.3 is 5.97 Å². The van der Waals surface area contributed by atoms with Crippen molar-refractivity contribution in [3.63, 3.8) is 0 Å². The van der Waals surface area contributed by atoms with Gasteiger partial charge in [0.1, 0.15) is 0 Å². The van der Waals surface area contributed by atoms with E-state index in [-0.39, 0.29) is 29.8 Å². The molecular weight excluding hydrogens is 387 g/mol. The Labute approximate surface area is 176 Å². The van der Waals surface area contributed by atoms with Crippen molar-refractivity contribution in [1.29, 1.82) is 0 Å². The van der Waals surface area contributed by atoms with E-state index in [9.17, 15) is 19.5 Å². The largest absolute Gasteiger partial charge is 0.451 e. The predicted octanol–water partition coefficient (Wildman–Crippen LogP) is 3.49. The number of esters is 1. The molecule has 0 unspecified atom stereocenters.